The van der Waals surface area contributed by atoms with Crippen molar-refractivity contribution in [3.05, 3.63) is 64.2 Å². The number of hydrogen-bond acceptors (Lipinski definition) is 1. The van der Waals surface area contributed by atoms with Crippen molar-refractivity contribution in [3.63, 3.8) is 0 Å². The van der Waals surface area contributed by atoms with Gasteiger partial charge in [-0.2, -0.15) is 13.2 Å². The topological polar surface area (TPSA) is 29.1 Å². The largest absolute Gasteiger partial charge is 0.416 e. The molecule has 0 fully saturated rings. The first-order valence-electron chi connectivity index (χ1n) is 6.03. The number of carbonyl (C=O) groups excluding carboxylic acids is 1. The van der Waals surface area contributed by atoms with Gasteiger partial charge in [-0.1, -0.05) is 23.7 Å². The standard InChI is InChI=1S/C15H11ClF3NO/c1-9-12(16)6-3-7-13(9)20-14(21)10-4-2-5-11(8-10)15(17,18)19/h2-8H,1H3,(H,20,21). The molecular formula is C15H11ClF3NO. The molecule has 0 unspecified atom stereocenters. The summed E-state index contributed by atoms with van der Waals surface area (Å²) in [5.74, 6) is -0.619. The molecule has 0 aliphatic rings. The molecule has 21 heavy (non-hydrogen) atoms. The van der Waals surface area contributed by atoms with Crippen LogP contribution in [0.25, 0.3) is 0 Å². The minimum absolute atomic E-state index is 0.0656. The van der Waals surface area contributed by atoms with Crippen LogP contribution in [0.1, 0.15) is 21.5 Å². The van der Waals surface area contributed by atoms with Crippen molar-refractivity contribution < 1.29 is 18.0 Å². The van der Waals surface area contributed by atoms with Crippen LogP contribution in [0, 0.1) is 6.92 Å². The molecule has 0 aliphatic carbocycles. The van der Waals surface area contributed by atoms with Gasteiger partial charge in [0.1, 0.15) is 0 Å². The van der Waals surface area contributed by atoms with E-state index < -0.39 is 17.6 Å². The van der Waals surface area contributed by atoms with E-state index in [2.05, 4.69) is 5.32 Å². The van der Waals surface area contributed by atoms with Crippen molar-refractivity contribution in [2.45, 2.75) is 13.1 Å². The summed E-state index contributed by atoms with van der Waals surface area (Å²) >= 11 is 5.93. The number of rotatable bonds is 2. The first-order valence-corrected chi connectivity index (χ1v) is 6.40. The maximum Gasteiger partial charge on any atom is 0.416 e. The van der Waals surface area contributed by atoms with Gasteiger partial charge in [0, 0.05) is 16.3 Å². The summed E-state index contributed by atoms with van der Waals surface area (Å²) in [6.07, 6.45) is -4.48. The lowest BCUT2D eigenvalue weighted by Gasteiger charge is -2.11. The number of nitrogens with one attached hydrogen (secondary N) is 1. The van der Waals surface area contributed by atoms with Crippen LogP contribution in [-0.4, -0.2) is 5.91 Å². The fraction of sp³-hybridized carbons (Fsp3) is 0.133. The van der Waals surface area contributed by atoms with Gasteiger partial charge in [-0.15, -0.1) is 0 Å². The molecule has 1 amide bonds. The molecule has 2 nitrogen and oxygen atoms in total. The Balaban J connectivity index is 2.27. The molecule has 0 saturated heterocycles. The Labute approximate surface area is 124 Å². The Morgan fingerprint density at radius 3 is 2.48 bits per heavy atom. The number of benzene rings is 2. The number of amides is 1. The average Bonchev–Trinajstić information content (AvgIpc) is 2.43. The minimum atomic E-state index is -4.48. The normalized spacial score (nSPS) is 11.3. The SMILES string of the molecule is Cc1c(Cl)cccc1NC(=O)c1cccc(C(F)(F)F)c1. The molecule has 2 aromatic rings. The van der Waals surface area contributed by atoms with Gasteiger partial charge in [-0.25, -0.2) is 0 Å². The zero-order valence-electron chi connectivity index (χ0n) is 11.0. The molecule has 110 valence electrons. The number of halogens is 4. The van der Waals surface area contributed by atoms with Gasteiger partial charge in [0.05, 0.1) is 5.56 Å². The minimum Gasteiger partial charge on any atom is -0.322 e. The fourth-order valence-corrected chi connectivity index (χ4v) is 1.95. The van der Waals surface area contributed by atoms with E-state index in [1.807, 2.05) is 0 Å². The number of alkyl halides is 3. The van der Waals surface area contributed by atoms with E-state index in [0.717, 1.165) is 12.1 Å². The summed E-state index contributed by atoms with van der Waals surface area (Å²) in [7, 11) is 0. The molecule has 0 heterocycles. The van der Waals surface area contributed by atoms with E-state index in [4.69, 9.17) is 11.6 Å². The second-order valence-corrected chi connectivity index (χ2v) is 4.85. The van der Waals surface area contributed by atoms with Gasteiger partial charge in [-0.05, 0) is 42.8 Å². The summed E-state index contributed by atoms with van der Waals surface area (Å²) in [5.41, 5.74) is 0.187. The lowest BCUT2D eigenvalue weighted by atomic mass is 10.1. The van der Waals surface area contributed by atoms with Gasteiger partial charge >= 0.3 is 6.18 Å². The quantitative estimate of drug-likeness (QED) is 0.837. The number of anilines is 1. The Morgan fingerprint density at radius 2 is 1.81 bits per heavy atom. The summed E-state index contributed by atoms with van der Waals surface area (Å²) < 4.78 is 37.9. The number of carbonyl (C=O) groups is 1. The van der Waals surface area contributed by atoms with Crippen LogP contribution in [0.3, 0.4) is 0 Å². The summed E-state index contributed by atoms with van der Waals surface area (Å²) in [6, 6.07) is 9.20. The third-order valence-corrected chi connectivity index (χ3v) is 3.38. The van der Waals surface area contributed by atoms with Crippen LogP contribution in [0.5, 0.6) is 0 Å². The molecule has 2 rings (SSSR count). The molecule has 1 N–H and O–H groups in total. The predicted molar refractivity (Wildman–Crippen MR) is 75.6 cm³/mol. The maximum absolute atomic E-state index is 12.6. The van der Waals surface area contributed by atoms with Crippen molar-refractivity contribution in [3.8, 4) is 0 Å². The third kappa shape index (κ3) is 3.55. The first-order chi connectivity index (χ1) is 9.79. The van der Waals surface area contributed by atoms with Crippen molar-refractivity contribution in [2.75, 3.05) is 5.32 Å². The van der Waals surface area contributed by atoms with Crippen LogP contribution in [-0.2, 0) is 6.18 Å². The average molecular weight is 314 g/mol. The highest BCUT2D eigenvalue weighted by Gasteiger charge is 2.30. The second kappa shape index (κ2) is 5.77. The lowest BCUT2D eigenvalue weighted by Crippen LogP contribution is -2.14. The van der Waals surface area contributed by atoms with Crippen LogP contribution < -0.4 is 5.32 Å². The molecule has 0 radical (unpaired) electrons. The molecule has 0 bridgehead atoms. The molecule has 0 aromatic heterocycles. The summed E-state index contributed by atoms with van der Waals surface area (Å²) in [5, 5.41) is 3.02. The zero-order chi connectivity index (χ0) is 15.6. The molecule has 0 aliphatic heterocycles. The fourth-order valence-electron chi connectivity index (χ4n) is 1.77. The zero-order valence-corrected chi connectivity index (χ0v) is 11.7. The van der Waals surface area contributed by atoms with E-state index in [1.54, 1.807) is 25.1 Å². The molecular weight excluding hydrogens is 303 g/mol. The Morgan fingerprint density at radius 1 is 1.14 bits per heavy atom. The molecule has 6 heteroatoms. The highest BCUT2D eigenvalue weighted by Crippen LogP contribution is 2.30. The highest BCUT2D eigenvalue weighted by molar-refractivity contribution is 6.31. The van der Waals surface area contributed by atoms with E-state index in [-0.39, 0.29) is 5.56 Å². The lowest BCUT2D eigenvalue weighted by molar-refractivity contribution is -0.137. The smallest absolute Gasteiger partial charge is 0.322 e. The van der Waals surface area contributed by atoms with E-state index in [0.29, 0.717) is 16.3 Å². The van der Waals surface area contributed by atoms with Gasteiger partial charge in [-0.3, -0.25) is 4.79 Å². The number of hydrogen-bond donors (Lipinski definition) is 1. The van der Waals surface area contributed by atoms with Gasteiger partial charge in [0.15, 0.2) is 0 Å². The Bertz CT molecular complexity index is 683. The third-order valence-electron chi connectivity index (χ3n) is 2.97. The summed E-state index contributed by atoms with van der Waals surface area (Å²) in [4.78, 5) is 12.0. The highest BCUT2D eigenvalue weighted by atomic mass is 35.5. The van der Waals surface area contributed by atoms with E-state index >= 15 is 0 Å². The van der Waals surface area contributed by atoms with Crippen molar-refractivity contribution in [2.24, 2.45) is 0 Å². The van der Waals surface area contributed by atoms with Gasteiger partial charge < -0.3 is 5.32 Å². The van der Waals surface area contributed by atoms with Crippen molar-refractivity contribution in [1.29, 1.82) is 0 Å². The molecule has 2 aromatic carbocycles. The molecule has 0 saturated carbocycles. The molecule has 0 spiro atoms. The maximum atomic E-state index is 12.6. The predicted octanol–water partition coefficient (Wildman–Crippen LogP) is 4.92. The van der Waals surface area contributed by atoms with E-state index in [9.17, 15) is 18.0 Å². The van der Waals surface area contributed by atoms with Crippen LogP contribution in [0.2, 0.25) is 5.02 Å². The van der Waals surface area contributed by atoms with Crippen LogP contribution >= 0.6 is 11.6 Å². The van der Waals surface area contributed by atoms with Gasteiger partial charge in [0.2, 0.25) is 0 Å². The van der Waals surface area contributed by atoms with Crippen molar-refractivity contribution in [1.82, 2.24) is 0 Å². The monoisotopic (exact) mass is 313 g/mol. The summed E-state index contributed by atoms with van der Waals surface area (Å²) in [6.45, 7) is 1.71. The molecule has 0 atom stereocenters. The second-order valence-electron chi connectivity index (χ2n) is 4.45. The Kier molecular flexibility index (Phi) is 4.23. The first kappa shape index (κ1) is 15.4. The Hall–Kier alpha value is -2.01. The van der Waals surface area contributed by atoms with E-state index in [1.165, 1.54) is 12.1 Å². The van der Waals surface area contributed by atoms with Crippen LogP contribution in [0.15, 0.2) is 42.5 Å². The van der Waals surface area contributed by atoms with Crippen molar-refractivity contribution >= 4 is 23.2 Å². The van der Waals surface area contributed by atoms with Crippen LogP contribution in [0.4, 0.5) is 18.9 Å². The van der Waals surface area contributed by atoms with Gasteiger partial charge in [0.25, 0.3) is 5.91 Å².